The summed E-state index contributed by atoms with van der Waals surface area (Å²) in [6, 6.07) is 18.4. The highest BCUT2D eigenvalue weighted by Gasteiger charge is 2.09. The monoisotopic (exact) mass is 339 g/mol. The summed E-state index contributed by atoms with van der Waals surface area (Å²) < 4.78 is 1.87. The van der Waals surface area contributed by atoms with Crippen molar-refractivity contribution in [3.63, 3.8) is 0 Å². The third-order valence-electron chi connectivity index (χ3n) is 4.65. The van der Waals surface area contributed by atoms with Gasteiger partial charge in [-0.15, -0.1) is 0 Å². The maximum atomic E-state index is 4.77. The van der Waals surface area contributed by atoms with E-state index >= 15 is 0 Å². The quantitative estimate of drug-likeness (QED) is 0.537. The molecule has 0 amide bonds. The Hall–Kier alpha value is -3.47. The van der Waals surface area contributed by atoms with Gasteiger partial charge in [0.05, 0.1) is 17.3 Å². The van der Waals surface area contributed by atoms with Gasteiger partial charge in [-0.2, -0.15) is 5.10 Å². The molecule has 0 unspecified atom stereocenters. The molecule has 0 aliphatic carbocycles. The molecular weight excluding hydrogens is 322 g/mol. The molecule has 1 N–H and O–H groups in total. The third-order valence-corrected chi connectivity index (χ3v) is 4.65. The topological polar surface area (TPSA) is 59.4 Å². The SMILES string of the molecule is c1ccc(-n2ncc3cnc(CCc4c[nH]c5ccccc45)nc32)cc1. The van der Waals surface area contributed by atoms with Crippen molar-refractivity contribution in [2.45, 2.75) is 12.8 Å². The first kappa shape index (κ1) is 14.8. The first-order valence-electron chi connectivity index (χ1n) is 8.68. The molecule has 0 saturated heterocycles. The van der Waals surface area contributed by atoms with Gasteiger partial charge >= 0.3 is 0 Å². The molecule has 0 spiro atoms. The molecule has 3 aromatic heterocycles. The molecule has 0 aliphatic rings. The minimum Gasteiger partial charge on any atom is -0.361 e. The van der Waals surface area contributed by atoms with Crippen molar-refractivity contribution in [3.8, 4) is 5.69 Å². The van der Waals surface area contributed by atoms with Crippen LogP contribution in [0.15, 0.2) is 73.2 Å². The van der Waals surface area contributed by atoms with Gasteiger partial charge in [0.1, 0.15) is 5.82 Å². The first-order chi connectivity index (χ1) is 12.9. The van der Waals surface area contributed by atoms with Crippen molar-refractivity contribution in [3.05, 3.63) is 84.6 Å². The van der Waals surface area contributed by atoms with Crippen LogP contribution >= 0.6 is 0 Å². The average Bonchev–Trinajstić information content (AvgIpc) is 3.31. The van der Waals surface area contributed by atoms with Crippen molar-refractivity contribution in [1.29, 1.82) is 0 Å². The second-order valence-electron chi connectivity index (χ2n) is 6.32. The molecule has 5 nitrogen and oxygen atoms in total. The summed E-state index contributed by atoms with van der Waals surface area (Å²) in [6.45, 7) is 0. The number of hydrogen-bond acceptors (Lipinski definition) is 3. The lowest BCUT2D eigenvalue weighted by molar-refractivity contribution is 0.848. The van der Waals surface area contributed by atoms with Crippen molar-refractivity contribution in [2.24, 2.45) is 0 Å². The number of benzene rings is 2. The van der Waals surface area contributed by atoms with Gasteiger partial charge in [0.2, 0.25) is 0 Å². The van der Waals surface area contributed by atoms with E-state index in [4.69, 9.17) is 4.98 Å². The van der Waals surface area contributed by atoms with Crippen LogP contribution in [0.3, 0.4) is 0 Å². The predicted octanol–water partition coefficient (Wildman–Crippen LogP) is 4.08. The van der Waals surface area contributed by atoms with Gasteiger partial charge in [0, 0.05) is 29.7 Å². The highest BCUT2D eigenvalue weighted by Crippen LogP contribution is 2.20. The number of H-pyrrole nitrogens is 1. The van der Waals surface area contributed by atoms with Crippen LogP contribution in [0.4, 0.5) is 0 Å². The highest BCUT2D eigenvalue weighted by molar-refractivity contribution is 5.83. The van der Waals surface area contributed by atoms with Crippen LogP contribution in [-0.2, 0) is 12.8 Å². The van der Waals surface area contributed by atoms with E-state index in [1.54, 1.807) is 0 Å². The number of para-hydroxylation sites is 2. The van der Waals surface area contributed by atoms with Crippen molar-refractivity contribution < 1.29 is 0 Å². The van der Waals surface area contributed by atoms with Crippen LogP contribution in [-0.4, -0.2) is 24.7 Å². The van der Waals surface area contributed by atoms with Gasteiger partial charge in [0.15, 0.2) is 5.65 Å². The molecule has 5 aromatic rings. The number of aromatic amines is 1. The summed E-state index contributed by atoms with van der Waals surface area (Å²) >= 11 is 0. The second-order valence-corrected chi connectivity index (χ2v) is 6.32. The highest BCUT2D eigenvalue weighted by atomic mass is 15.3. The summed E-state index contributed by atoms with van der Waals surface area (Å²) in [5, 5.41) is 6.68. The van der Waals surface area contributed by atoms with E-state index < -0.39 is 0 Å². The largest absolute Gasteiger partial charge is 0.361 e. The second kappa shape index (κ2) is 6.11. The molecular formula is C21H17N5. The maximum absolute atomic E-state index is 4.77. The molecule has 5 heteroatoms. The lowest BCUT2D eigenvalue weighted by Crippen LogP contribution is -2.02. The number of fused-ring (bicyclic) bond motifs is 2. The van der Waals surface area contributed by atoms with Crippen molar-refractivity contribution in [2.75, 3.05) is 0 Å². The average molecular weight is 339 g/mol. The number of hydrogen-bond donors (Lipinski definition) is 1. The van der Waals surface area contributed by atoms with E-state index in [-0.39, 0.29) is 0 Å². The molecule has 26 heavy (non-hydrogen) atoms. The predicted molar refractivity (Wildman–Crippen MR) is 102 cm³/mol. The smallest absolute Gasteiger partial charge is 0.166 e. The van der Waals surface area contributed by atoms with Crippen molar-refractivity contribution >= 4 is 21.9 Å². The molecule has 3 heterocycles. The van der Waals surface area contributed by atoms with Crippen LogP contribution in [0.2, 0.25) is 0 Å². The molecule has 5 rings (SSSR count). The lowest BCUT2D eigenvalue weighted by atomic mass is 10.1. The maximum Gasteiger partial charge on any atom is 0.166 e. The Morgan fingerprint density at radius 2 is 1.73 bits per heavy atom. The standard InChI is InChI=1S/C21H17N5/c1-2-6-17(7-3-1)26-21-16(14-24-26)13-23-20(25-21)11-10-15-12-22-19-9-5-4-8-18(15)19/h1-9,12-14,22H,10-11H2. The fraction of sp³-hybridized carbons (Fsp3) is 0.0952. The normalized spacial score (nSPS) is 11.4. The lowest BCUT2D eigenvalue weighted by Gasteiger charge is -2.04. The van der Waals surface area contributed by atoms with Crippen LogP contribution in [0, 0.1) is 0 Å². The summed E-state index contributed by atoms with van der Waals surface area (Å²) in [5.74, 6) is 0.834. The fourth-order valence-corrected chi connectivity index (χ4v) is 3.32. The van der Waals surface area contributed by atoms with Gasteiger partial charge in [-0.3, -0.25) is 0 Å². The van der Waals surface area contributed by atoms with Crippen LogP contribution in [0.1, 0.15) is 11.4 Å². The molecule has 0 saturated carbocycles. The van der Waals surface area contributed by atoms with Gasteiger partial charge < -0.3 is 4.98 Å². The van der Waals surface area contributed by atoms with Gasteiger partial charge in [-0.25, -0.2) is 14.6 Å². The van der Waals surface area contributed by atoms with E-state index in [0.29, 0.717) is 0 Å². The van der Waals surface area contributed by atoms with Crippen LogP contribution in [0.25, 0.3) is 27.6 Å². The first-order valence-corrected chi connectivity index (χ1v) is 8.68. The number of aryl methyl sites for hydroxylation is 2. The molecule has 0 bridgehead atoms. The zero-order valence-corrected chi connectivity index (χ0v) is 14.1. The minimum absolute atomic E-state index is 0.789. The molecule has 0 radical (unpaired) electrons. The molecule has 0 aliphatic heterocycles. The minimum atomic E-state index is 0.789. The number of nitrogens with one attached hydrogen (secondary N) is 1. The molecule has 0 fully saturated rings. The van der Waals surface area contributed by atoms with Gasteiger partial charge in [0.25, 0.3) is 0 Å². The van der Waals surface area contributed by atoms with E-state index in [9.17, 15) is 0 Å². The summed E-state index contributed by atoms with van der Waals surface area (Å²) in [4.78, 5) is 12.6. The van der Waals surface area contributed by atoms with Gasteiger partial charge in [-0.05, 0) is 30.2 Å². The summed E-state index contributed by atoms with van der Waals surface area (Å²) in [6.07, 6.45) is 7.44. The Labute approximate surface area is 150 Å². The molecule has 0 atom stereocenters. The Kier molecular flexibility index (Phi) is 3.49. The zero-order chi connectivity index (χ0) is 17.3. The molecule has 126 valence electrons. The number of aromatic nitrogens is 5. The van der Waals surface area contributed by atoms with Crippen LogP contribution < -0.4 is 0 Å². The van der Waals surface area contributed by atoms with E-state index in [2.05, 4.69) is 39.5 Å². The van der Waals surface area contributed by atoms with E-state index in [1.807, 2.05) is 53.5 Å². The zero-order valence-electron chi connectivity index (χ0n) is 14.1. The van der Waals surface area contributed by atoms with Gasteiger partial charge in [-0.1, -0.05) is 36.4 Å². The number of rotatable bonds is 4. The van der Waals surface area contributed by atoms with E-state index in [0.717, 1.165) is 35.4 Å². The fourth-order valence-electron chi connectivity index (χ4n) is 3.32. The Balaban J connectivity index is 1.46. The Bertz CT molecular complexity index is 1190. The summed E-state index contributed by atoms with van der Waals surface area (Å²) in [5.41, 5.74) is 4.31. The Morgan fingerprint density at radius 3 is 2.65 bits per heavy atom. The van der Waals surface area contributed by atoms with E-state index in [1.165, 1.54) is 16.5 Å². The number of nitrogens with zero attached hydrogens (tertiary/aromatic N) is 4. The Morgan fingerprint density at radius 1 is 0.885 bits per heavy atom. The third kappa shape index (κ3) is 2.54. The van der Waals surface area contributed by atoms with Crippen LogP contribution in [0.5, 0.6) is 0 Å². The molecule has 2 aromatic carbocycles. The summed E-state index contributed by atoms with van der Waals surface area (Å²) in [7, 11) is 0. The van der Waals surface area contributed by atoms with Crippen molar-refractivity contribution in [1.82, 2.24) is 24.7 Å².